The van der Waals surface area contributed by atoms with Crippen LogP contribution in [0.3, 0.4) is 0 Å². The monoisotopic (exact) mass is 317 g/mol. The Morgan fingerprint density at radius 1 is 1.35 bits per heavy atom. The molecule has 1 atom stereocenters. The van der Waals surface area contributed by atoms with Crippen LogP contribution in [0.4, 0.5) is 0 Å². The van der Waals surface area contributed by atoms with Gasteiger partial charge in [0.25, 0.3) is 5.91 Å². The minimum absolute atomic E-state index is 0.0232. The lowest BCUT2D eigenvalue weighted by molar-refractivity contribution is -0.158. The Labute approximate surface area is 133 Å². The summed E-state index contributed by atoms with van der Waals surface area (Å²) in [7, 11) is 0. The molecule has 1 amide bonds. The molecule has 0 unspecified atom stereocenters. The van der Waals surface area contributed by atoms with Crippen LogP contribution in [0, 0.1) is 0 Å². The summed E-state index contributed by atoms with van der Waals surface area (Å²) in [5.41, 5.74) is 1.18. The Morgan fingerprint density at radius 3 is 2.83 bits per heavy atom. The Morgan fingerprint density at radius 2 is 2.09 bits per heavy atom. The number of ether oxygens (including phenoxy) is 1. The van der Waals surface area contributed by atoms with Gasteiger partial charge in [-0.2, -0.15) is 0 Å². The normalized spacial score (nSPS) is 15.8. The van der Waals surface area contributed by atoms with Gasteiger partial charge in [-0.05, 0) is 31.9 Å². The second kappa shape index (κ2) is 6.32. The van der Waals surface area contributed by atoms with Crippen LogP contribution in [-0.2, 0) is 20.7 Å². The molecule has 2 aromatic rings. The minimum atomic E-state index is -0.775. The average Bonchev–Trinajstić information content (AvgIpc) is 3.16. The largest absolute Gasteiger partial charge is 0.508 e. The summed E-state index contributed by atoms with van der Waals surface area (Å²) < 4.78 is 10.6. The molecule has 0 radical (unpaired) electrons. The van der Waals surface area contributed by atoms with E-state index in [0.717, 1.165) is 31.3 Å². The van der Waals surface area contributed by atoms with Crippen molar-refractivity contribution in [2.75, 3.05) is 13.1 Å². The molecule has 23 heavy (non-hydrogen) atoms. The summed E-state index contributed by atoms with van der Waals surface area (Å²) in [4.78, 5) is 25.9. The van der Waals surface area contributed by atoms with Gasteiger partial charge in [0, 0.05) is 30.1 Å². The number of carbonyl (C=O) groups is 2. The van der Waals surface area contributed by atoms with E-state index in [1.54, 1.807) is 17.9 Å². The number of amides is 1. The lowest BCUT2D eigenvalue weighted by Gasteiger charge is -2.20. The van der Waals surface area contributed by atoms with Gasteiger partial charge in [0.05, 0.1) is 12.7 Å². The average molecular weight is 317 g/mol. The topological polar surface area (TPSA) is 80.0 Å². The van der Waals surface area contributed by atoms with Gasteiger partial charge in [-0.15, -0.1) is 0 Å². The lowest BCUT2D eigenvalue weighted by Crippen LogP contribution is -2.38. The summed E-state index contributed by atoms with van der Waals surface area (Å²) in [6.07, 6.45) is 2.72. The standard InChI is InChI=1S/C17H19NO5/c1-11(17(21)18-6-2-3-7-18)23-16(20)8-12-10-22-15-9-13(19)4-5-14(12)15/h4-5,9-11,19H,2-3,6-8H2,1H3/t11-/m1/s1. The van der Waals surface area contributed by atoms with E-state index in [9.17, 15) is 14.7 Å². The van der Waals surface area contributed by atoms with Gasteiger partial charge in [-0.3, -0.25) is 9.59 Å². The summed E-state index contributed by atoms with van der Waals surface area (Å²) in [6, 6.07) is 4.71. The van der Waals surface area contributed by atoms with Crippen molar-refractivity contribution in [1.82, 2.24) is 4.90 Å². The van der Waals surface area contributed by atoms with Crippen molar-refractivity contribution in [1.29, 1.82) is 0 Å². The fraction of sp³-hybridized carbons (Fsp3) is 0.412. The molecule has 1 saturated heterocycles. The third kappa shape index (κ3) is 3.31. The van der Waals surface area contributed by atoms with Gasteiger partial charge in [0.1, 0.15) is 11.3 Å². The molecule has 1 N–H and O–H groups in total. The molecule has 122 valence electrons. The molecule has 0 bridgehead atoms. The number of benzene rings is 1. The van der Waals surface area contributed by atoms with E-state index in [1.807, 2.05) is 0 Å². The van der Waals surface area contributed by atoms with Gasteiger partial charge >= 0.3 is 5.97 Å². The third-order valence-corrected chi connectivity index (χ3v) is 4.05. The highest BCUT2D eigenvalue weighted by molar-refractivity contribution is 5.88. The van der Waals surface area contributed by atoms with E-state index in [4.69, 9.17) is 9.15 Å². The minimum Gasteiger partial charge on any atom is -0.508 e. The van der Waals surface area contributed by atoms with Crippen LogP contribution in [-0.4, -0.2) is 41.1 Å². The van der Waals surface area contributed by atoms with E-state index >= 15 is 0 Å². The first-order valence-corrected chi connectivity index (χ1v) is 7.72. The first-order chi connectivity index (χ1) is 11.0. The Bertz CT molecular complexity index is 730. The van der Waals surface area contributed by atoms with Crippen molar-refractivity contribution in [2.45, 2.75) is 32.3 Å². The molecule has 3 rings (SSSR count). The predicted octanol–water partition coefficient (Wildman–Crippen LogP) is 2.24. The predicted molar refractivity (Wildman–Crippen MR) is 83.0 cm³/mol. The Hall–Kier alpha value is -2.50. The van der Waals surface area contributed by atoms with E-state index in [1.165, 1.54) is 18.4 Å². The van der Waals surface area contributed by atoms with E-state index < -0.39 is 12.1 Å². The smallest absolute Gasteiger partial charge is 0.311 e. The maximum atomic E-state index is 12.1. The Balaban J connectivity index is 1.63. The number of phenolic OH excluding ortho intramolecular Hbond substituents is 1. The zero-order chi connectivity index (χ0) is 16.4. The summed E-state index contributed by atoms with van der Waals surface area (Å²) in [5, 5.41) is 10.2. The van der Waals surface area contributed by atoms with Crippen LogP contribution in [0.5, 0.6) is 5.75 Å². The van der Waals surface area contributed by atoms with E-state index in [0.29, 0.717) is 11.1 Å². The number of phenols is 1. The zero-order valence-electron chi connectivity index (χ0n) is 12.9. The van der Waals surface area contributed by atoms with Gasteiger partial charge in [-0.1, -0.05) is 0 Å². The van der Waals surface area contributed by atoms with Crippen LogP contribution < -0.4 is 0 Å². The van der Waals surface area contributed by atoms with Gasteiger partial charge in [0.2, 0.25) is 0 Å². The van der Waals surface area contributed by atoms with Crippen LogP contribution >= 0.6 is 0 Å². The number of hydrogen-bond acceptors (Lipinski definition) is 5. The number of furan rings is 1. The number of hydrogen-bond donors (Lipinski definition) is 1. The SMILES string of the molecule is C[C@@H](OC(=O)Cc1coc2cc(O)ccc12)C(=O)N1CCCC1. The lowest BCUT2D eigenvalue weighted by atomic mass is 10.1. The number of esters is 1. The zero-order valence-corrected chi connectivity index (χ0v) is 12.9. The molecular formula is C17H19NO5. The number of nitrogens with zero attached hydrogens (tertiary/aromatic N) is 1. The highest BCUT2D eigenvalue weighted by Crippen LogP contribution is 2.25. The number of aromatic hydroxyl groups is 1. The van der Waals surface area contributed by atoms with Crippen molar-refractivity contribution in [3.8, 4) is 5.75 Å². The van der Waals surface area contributed by atoms with E-state index in [-0.39, 0.29) is 18.1 Å². The molecule has 2 heterocycles. The number of likely N-dealkylation sites (tertiary alicyclic amines) is 1. The molecule has 0 aliphatic carbocycles. The highest BCUT2D eigenvalue weighted by atomic mass is 16.5. The van der Waals surface area contributed by atoms with Crippen molar-refractivity contribution in [3.05, 3.63) is 30.0 Å². The quantitative estimate of drug-likeness (QED) is 0.875. The number of carbonyl (C=O) groups excluding carboxylic acids is 2. The van der Waals surface area contributed by atoms with Crippen molar-refractivity contribution >= 4 is 22.8 Å². The van der Waals surface area contributed by atoms with E-state index in [2.05, 4.69) is 0 Å². The second-order valence-corrected chi connectivity index (χ2v) is 5.78. The summed E-state index contributed by atoms with van der Waals surface area (Å²) >= 11 is 0. The summed E-state index contributed by atoms with van der Waals surface area (Å²) in [5.74, 6) is -0.510. The molecule has 6 heteroatoms. The molecule has 6 nitrogen and oxygen atoms in total. The number of rotatable bonds is 4. The molecule has 1 fully saturated rings. The highest BCUT2D eigenvalue weighted by Gasteiger charge is 2.26. The summed E-state index contributed by atoms with van der Waals surface area (Å²) in [6.45, 7) is 3.07. The first kappa shape index (κ1) is 15.4. The van der Waals surface area contributed by atoms with Crippen LogP contribution in [0.1, 0.15) is 25.3 Å². The number of fused-ring (bicyclic) bond motifs is 1. The maximum absolute atomic E-state index is 12.1. The van der Waals surface area contributed by atoms with Crippen LogP contribution in [0.15, 0.2) is 28.9 Å². The second-order valence-electron chi connectivity index (χ2n) is 5.78. The molecule has 1 aromatic carbocycles. The fourth-order valence-electron chi connectivity index (χ4n) is 2.85. The van der Waals surface area contributed by atoms with Crippen molar-refractivity contribution in [2.24, 2.45) is 0 Å². The molecule has 1 aliphatic heterocycles. The van der Waals surface area contributed by atoms with Crippen LogP contribution in [0.2, 0.25) is 0 Å². The molecular weight excluding hydrogens is 298 g/mol. The van der Waals surface area contributed by atoms with Gasteiger partial charge in [-0.25, -0.2) is 0 Å². The van der Waals surface area contributed by atoms with Crippen molar-refractivity contribution < 1.29 is 23.8 Å². The molecule has 0 saturated carbocycles. The maximum Gasteiger partial charge on any atom is 0.311 e. The molecule has 1 aromatic heterocycles. The van der Waals surface area contributed by atoms with Crippen LogP contribution in [0.25, 0.3) is 11.0 Å². The van der Waals surface area contributed by atoms with Crippen molar-refractivity contribution in [3.63, 3.8) is 0 Å². The first-order valence-electron chi connectivity index (χ1n) is 7.72. The Kier molecular flexibility index (Phi) is 4.23. The molecule has 0 spiro atoms. The molecule has 1 aliphatic rings. The van der Waals surface area contributed by atoms with Gasteiger partial charge < -0.3 is 19.2 Å². The van der Waals surface area contributed by atoms with Gasteiger partial charge in [0.15, 0.2) is 6.10 Å². The fourth-order valence-corrected chi connectivity index (χ4v) is 2.85. The third-order valence-electron chi connectivity index (χ3n) is 4.05.